The molecule has 0 bridgehead atoms. The number of carbonyl (C=O) groups excluding carboxylic acids is 1. The first-order valence-electron chi connectivity index (χ1n) is 5.22. The third-order valence-corrected chi connectivity index (χ3v) is 2.88. The summed E-state index contributed by atoms with van der Waals surface area (Å²) >= 11 is 11.7. The Morgan fingerprint density at radius 3 is 2.53 bits per heavy atom. The normalized spacial score (nSPS) is 12.6. The molecule has 1 rings (SSSR count). The summed E-state index contributed by atoms with van der Waals surface area (Å²) in [5.74, 6) is -0.233. The molecule has 0 aliphatic rings. The van der Waals surface area contributed by atoms with Crippen LogP contribution in [0.3, 0.4) is 0 Å². The predicted molar refractivity (Wildman–Crippen MR) is 70.4 cm³/mol. The number of carbonyl (C=O) groups is 1. The molecule has 1 unspecified atom stereocenters. The predicted octanol–water partition coefficient (Wildman–Crippen LogP) is 2.62. The molecule has 0 radical (unpaired) electrons. The quantitative estimate of drug-likeness (QED) is 0.834. The van der Waals surface area contributed by atoms with E-state index in [-0.39, 0.29) is 17.0 Å². The zero-order valence-corrected chi connectivity index (χ0v) is 11.4. The lowest BCUT2D eigenvalue weighted by atomic mass is 10.0. The van der Waals surface area contributed by atoms with Gasteiger partial charge < -0.3 is 11.1 Å². The van der Waals surface area contributed by atoms with Crippen molar-refractivity contribution in [2.45, 2.75) is 26.8 Å². The van der Waals surface area contributed by atoms with E-state index in [0.717, 1.165) is 5.56 Å². The molecule has 3 N–H and O–H groups in total. The molecule has 1 amide bonds. The van der Waals surface area contributed by atoms with E-state index in [1.165, 1.54) is 0 Å². The van der Waals surface area contributed by atoms with Crippen molar-refractivity contribution in [3.8, 4) is 0 Å². The molecule has 1 aromatic heterocycles. The number of hydrogen-bond donors (Lipinski definition) is 2. The minimum atomic E-state index is -0.582. The van der Waals surface area contributed by atoms with Gasteiger partial charge in [0.1, 0.15) is 5.15 Å². The molecule has 6 heteroatoms. The first-order valence-corrected chi connectivity index (χ1v) is 5.97. The van der Waals surface area contributed by atoms with Crippen molar-refractivity contribution >= 4 is 34.8 Å². The fraction of sp³-hybridized carbons (Fsp3) is 0.455. The summed E-state index contributed by atoms with van der Waals surface area (Å²) in [5.41, 5.74) is 6.94. The molecule has 4 nitrogen and oxygen atoms in total. The SMILES string of the molecule is Cc1cc(Cl)nc(Cl)c1NC(=O)C(N)C(C)C. The number of halogens is 2. The van der Waals surface area contributed by atoms with Crippen LogP contribution in [0.4, 0.5) is 5.69 Å². The average molecular weight is 276 g/mol. The van der Waals surface area contributed by atoms with Crippen molar-refractivity contribution in [3.05, 3.63) is 21.9 Å². The topological polar surface area (TPSA) is 68.0 Å². The van der Waals surface area contributed by atoms with E-state index in [1.807, 2.05) is 13.8 Å². The van der Waals surface area contributed by atoms with Crippen LogP contribution in [0.25, 0.3) is 0 Å². The van der Waals surface area contributed by atoms with Gasteiger partial charge in [0.05, 0.1) is 11.7 Å². The van der Waals surface area contributed by atoms with Gasteiger partial charge in [0.15, 0.2) is 5.15 Å². The van der Waals surface area contributed by atoms with Crippen molar-refractivity contribution in [1.29, 1.82) is 0 Å². The Bertz CT molecular complexity index is 412. The molecule has 94 valence electrons. The van der Waals surface area contributed by atoms with Crippen LogP contribution in [0.15, 0.2) is 6.07 Å². The van der Waals surface area contributed by atoms with Crippen molar-refractivity contribution in [3.63, 3.8) is 0 Å². The lowest BCUT2D eigenvalue weighted by molar-refractivity contribution is -0.118. The summed E-state index contributed by atoms with van der Waals surface area (Å²) in [7, 11) is 0. The Morgan fingerprint density at radius 2 is 2.06 bits per heavy atom. The van der Waals surface area contributed by atoms with Crippen LogP contribution in [-0.2, 0) is 4.79 Å². The number of aromatic nitrogens is 1. The van der Waals surface area contributed by atoms with Gasteiger partial charge in [-0.2, -0.15) is 0 Å². The maximum absolute atomic E-state index is 11.8. The molecule has 1 heterocycles. The maximum Gasteiger partial charge on any atom is 0.241 e. The van der Waals surface area contributed by atoms with Gasteiger partial charge >= 0.3 is 0 Å². The van der Waals surface area contributed by atoms with E-state index in [2.05, 4.69) is 10.3 Å². The molecule has 0 aliphatic carbocycles. The van der Waals surface area contributed by atoms with Crippen molar-refractivity contribution < 1.29 is 4.79 Å². The van der Waals surface area contributed by atoms with Crippen LogP contribution >= 0.6 is 23.2 Å². The largest absolute Gasteiger partial charge is 0.322 e. The molecule has 17 heavy (non-hydrogen) atoms. The van der Waals surface area contributed by atoms with Crippen molar-refractivity contribution in [2.75, 3.05) is 5.32 Å². The van der Waals surface area contributed by atoms with Crippen LogP contribution in [0, 0.1) is 12.8 Å². The first kappa shape index (κ1) is 14.2. The smallest absolute Gasteiger partial charge is 0.241 e. The molecule has 0 aromatic carbocycles. The fourth-order valence-electron chi connectivity index (χ4n) is 1.25. The zero-order valence-electron chi connectivity index (χ0n) is 9.92. The summed E-state index contributed by atoms with van der Waals surface area (Å²) in [6.07, 6.45) is 0. The molecule has 1 aromatic rings. The van der Waals surface area contributed by atoms with Gasteiger partial charge in [-0.05, 0) is 24.5 Å². The molecule has 0 saturated heterocycles. The van der Waals surface area contributed by atoms with E-state index in [0.29, 0.717) is 10.8 Å². The van der Waals surface area contributed by atoms with E-state index in [4.69, 9.17) is 28.9 Å². The van der Waals surface area contributed by atoms with E-state index in [9.17, 15) is 4.79 Å². The average Bonchev–Trinajstić information content (AvgIpc) is 2.21. The van der Waals surface area contributed by atoms with Crippen LogP contribution in [0.1, 0.15) is 19.4 Å². The fourth-order valence-corrected chi connectivity index (χ4v) is 1.83. The van der Waals surface area contributed by atoms with Gasteiger partial charge in [-0.3, -0.25) is 4.79 Å². The lowest BCUT2D eigenvalue weighted by Gasteiger charge is -2.17. The number of rotatable bonds is 3. The highest BCUT2D eigenvalue weighted by atomic mass is 35.5. The minimum Gasteiger partial charge on any atom is -0.322 e. The molecule has 1 atom stereocenters. The van der Waals surface area contributed by atoms with E-state index in [1.54, 1.807) is 13.0 Å². The molecular weight excluding hydrogens is 261 g/mol. The second kappa shape index (κ2) is 5.67. The molecule has 0 spiro atoms. The Kier molecular flexibility index (Phi) is 4.74. The molecule has 0 fully saturated rings. The van der Waals surface area contributed by atoms with Gasteiger partial charge in [-0.1, -0.05) is 37.0 Å². The Balaban J connectivity index is 2.93. The Labute approximate surface area is 110 Å². The number of amides is 1. The molecule has 0 saturated carbocycles. The number of anilines is 1. The number of nitrogens with two attached hydrogens (primary N) is 1. The minimum absolute atomic E-state index is 0.0503. The van der Waals surface area contributed by atoms with Gasteiger partial charge in [-0.25, -0.2) is 4.98 Å². The highest BCUT2D eigenvalue weighted by Gasteiger charge is 2.19. The standard InChI is InChI=1S/C11H15Cl2N3O/c1-5(2)8(14)11(17)16-9-6(3)4-7(12)15-10(9)13/h4-5,8H,14H2,1-3H3,(H,16,17). The second-order valence-electron chi connectivity index (χ2n) is 4.19. The third kappa shape index (κ3) is 3.56. The zero-order chi connectivity index (χ0) is 13.2. The molecular formula is C11H15Cl2N3O. The Morgan fingerprint density at radius 1 is 1.47 bits per heavy atom. The van der Waals surface area contributed by atoms with Gasteiger partial charge in [0.2, 0.25) is 5.91 Å². The van der Waals surface area contributed by atoms with Gasteiger partial charge in [0.25, 0.3) is 0 Å². The van der Waals surface area contributed by atoms with E-state index >= 15 is 0 Å². The van der Waals surface area contributed by atoms with E-state index < -0.39 is 6.04 Å². The summed E-state index contributed by atoms with van der Waals surface area (Å²) in [6.45, 7) is 5.54. The van der Waals surface area contributed by atoms with Crippen LogP contribution in [-0.4, -0.2) is 16.9 Å². The maximum atomic E-state index is 11.8. The summed E-state index contributed by atoms with van der Waals surface area (Å²) in [4.78, 5) is 15.7. The third-order valence-electron chi connectivity index (χ3n) is 2.41. The number of aryl methyl sites for hydroxylation is 1. The van der Waals surface area contributed by atoms with Gasteiger partial charge in [0, 0.05) is 0 Å². The second-order valence-corrected chi connectivity index (χ2v) is 4.93. The van der Waals surface area contributed by atoms with Crippen molar-refractivity contribution in [1.82, 2.24) is 4.98 Å². The molecule has 0 aliphatic heterocycles. The highest BCUT2D eigenvalue weighted by Crippen LogP contribution is 2.26. The summed E-state index contributed by atoms with van der Waals surface area (Å²) < 4.78 is 0. The van der Waals surface area contributed by atoms with Gasteiger partial charge in [-0.15, -0.1) is 0 Å². The van der Waals surface area contributed by atoms with Crippen molar-refractivity contribution in [2.24, 2.45) is 11.7 Å². The van der Waals surface area contributed by atoms with Crippen LogP contribution < -0.4 is 11.1 Å². The summed E-state index contributed by atoms with van der Waals surface area (Å²) in [5, 5.41) is 3.13. The number of pyridine rings is 1. The number of nitrogens with zero attached hydrogens (tertiary/aromatic N) is 1. The van der Waals surface area contributed by atoms with Crippen LogP contribution in [0.5, 0.6) is 0 Å². The number of nitrogens with one attached hydrogen (secondary N) is 1. The highest BCUT2D eigenvalue weighted by molar-refractivity contribution is 6.34. The van der Waals surface area contributed by atoms with Crippen LogP contribution in [0.2, 0.25) is 10.3 Å². The first-order chi connectivity index (χ1) is 7.82. The lowest BCUT2D eigenvalue weighted by Crippen LogP contribution is -2.40. The Hall–Kier alpha value is -0.840. The number of hydrogen-bond acceptors (Lipinski definition) is 3. The summed E-state index contributed by atoms with van der Waals surface area (Å²) in [6, 6.07) is 1.05. The monoisotopic (exact) mass is 275 g/mol.